The summed E-state index contributed by atoms with van der Waals surface area (Å²) in [6.07, 6.45) is 0.168. The maximum Gasteiger partial charge on any atom is 0.573 e. The monoisotopic (exact) mass is 600 g/mol. The zero-order valence-electron chi connectivity index (χ0n) is 22.5. The summed E-state index contributed by atoms with van der Waals surface area (Å²) >= 11 is 0.842. The summed E-state index contributed by atoms with van der Waals surface area (Å²) in [6, 6.07) is 10.9. The van der Waals surface area contributed by atoms with E-state index in [1.165, 1.54) is 25.3 Å². The van der Waals surface area contributed by atoms with E-state index in [0.29, 0.717) is 52.7 Å². The second-order valence-electron chi connectivity index (χ2n) is 9.58. The van der Waals surface area contributed by atoms with Gasteiger partial charge in [0.25, 0.3) is 11.1 Å². The van der Waals surface area contributed by atoms with Gasteiger partial charge in [0, 0.05) is 31.4 Å². The van der Waals surface area contributed by atoms with Crippen molar-refractivity contribution < 1.29 is 32.2 Å². The standard InChI is InChI=1S/C28H27F3N6O4S/c1-40-23-7-6-20(19-4-2-3-5-22(19)41-28(29,30)31)35-21(23)16-32-15-17-9-12-37(13-10-17)26-33-11-8-18(34-26)14-24-25(38)36-27(39)42-24/h2-8,11,14,17,32H,9-10,12-13,15-16H2,1H3,(H,36,38,39). The van der Waals surface area contributed by atoms with Crippen LogP contribution in [0.1, 0.15) is 24.2 Å². The highest BCUT2D eigenvalue weighted by Crippen LogP contribution is 2.34. The second kappa shape index (κ2) is 12.8. The number of amides is 2. The Bertz CT molecular complexity index is 1490. The van der Waals surface area contributed by atoms with Gasteiger partial charge in [0.15, 0.2) is 0 Å². The van der Waals surface area contributed by atoms with Crippen LogP contribution in [0.25, 0.3) is 17.3 Å². The molecule has 2 aliphatic rings. The molecule has 2 fully saturated rings. The largest absolute Gasteiger partial charge is 0.573 e. The molecule has 2 saturated heterocycles. The summed E-state index contributed by atoms with van der Waals surface area (Å²) in [5, 5.41) is 5.23. The number of carbonyl (C=O) groups excluding carboxylic acids is 2. The number of thioether (sulfide) groups is 1. The molecule has 2 aliphatic heterocycles. The number of halogens is 3. The Balaban J connectivity index is 1.17. The normalized spacial score (nSPS) is 17.0. The summed E-state index contributed by atoms with van der Waals surface area (Å²) in [4.78, 5) is 39.1. The Hall–Kier alpha value is -4.17. The van der Waals surface area contributed by atoms with E-state index in [-0.39, 0.29) is 11.3 Å². The fourth-order valence-electron chi connectivity index (χ4n) is 4.72. The van der Waals surface area contributed by atoms with Gasteiger partial charge in [0.2, 0.25) is 5.95 Å². The van der Waals surface area contributed by atoms with Crippen LogP contribution in [0.5, 0.6) is 11.5 Å². The number of alkyl halides is 3. The minimum atomic E-state index is -4.82. The van der Waals surface area contributed by atoms with E-state index in [2.05, 4.69) is 35.2 Å². The molecule has 2 N–H and O–H groups in total. The lowest BCUT2D eigenvalue weighted by Gasteiger charge is -2.32. The number of methoxy groups -OCH3 is 1. The maximum absolute atomic E-state index is 12.9. The molecular formula is C28H27F3N6O4S. The molecule has 10 nitrogen and oxygen atoms in total. The average molecular weight is 601 g/mol. The van der Waals surface area contributed by atoms with Crippen LogP contribution >= 0.6 is 11.8 Å². The van der Waals surface area contributed by atoms with Crippen LogP contribution in [0.15, 0.2) is 53.6 Å². The Labute approximate surface area is 243 Å². The number of nitrogens with one attached hydrogen (secondary N) is 2. The van der Waals surface area contributed by atoms with E-state index >= 15 is 0 Å². The van der Waals surface area contributed by atoms with Crippen molar-refractivity contribution in [3.63, 3.8) is 0 Å². The first kappa shape index (κ1) is 29.3. The number of hydrogen-bond donors (Lipinski definition) is 2. The van der Waals surface area contributed by atoms with Gasteiger partial charge in [-0.1, -0.05) is 12.1 Å². The molecule has 2 amide bonds. The molecule has 14 heteroatoms. The Kier molecular flexibility index (Phi) is 8.92. The third kappa shape index (κ3) is 7.36. The van der Waals surface area contributed by atoms with Gasteiger partial charge in [-0.15, -0.1) is 13.2 Å². The van der Waals surface area contributed by atoms with Gasteiger partial charge in [-0.05, 0) is 73.5 Å². The molecule has 2 aromatic heterocycles. The van der Waals surface area contributed by atoms with Crippen molar-refractivity contribution in [3.8, 4) is 22.8 Å². The number of carbonyl (C=O) groups is 2. The number of aromatic nitrogens is 3. The maximum atomic E-state index is 12.9. The molecule has 220 valence electrons. The fourth-order valence-corrected chi connectivity index (χ4v) is 5.39. The van der Waals surface area contributed by atoms with E-state index in [9.17, 15) is 22.8 Å². The highest BCUT2D eigenvalue weighted by molar-refractivity contribution is 8.18. The van der Waals surface area contributed by atoms with Crippen LogP contribution in [-0.4, -0.2) is 59.2 Å². The molecule has 42 heavy (non-hydrogen) atoms. The van der Waals surface area contributed by atoms with Crippen molar-refractivity contribution in [2.45, 2.75) is 25.7 Å². The van der Waals surface area contributed by atoms with Crippen LogP contribution in [0.2, 0.25) is 0 Å². The number of anilines is 1. The van der Waals surface area contributed by atoms with Crippen LogP contribution < -0.4 is 25.0 Å². The average Bonchev–Trinajstić information content (AvgIpc) is 3.28. The number of rotatable bonds is 9. The summed E-state index contributed by atoms with van der Waals surface area (Å²) < 4.78 is 48.4. The third-order valence-electron chi connectivity index (χ3n) is 6.75. The number of benzene rings is 1. The van der Waals surface area contributed by atoms with E-state index in [4.69, 9.17) is 4.74 Å². The summed E-state index contributed by atoms with van der Waals surface area (Å²) in [6.45, 7) is 2.57. The minimum absolute atomic E-state index is 0.229. The molecule has 0 unspecified atom stereocenters. The van der Waals surface area contributed by atoms with Gasteiger partial charge >= 0.3 is 6.36 Å². The zero-order chi connectivity index (χ0) is 29.7. The van der Waals surface area contributed by atoms with Gasteiger partial charge in [0.1, 0.15) is 11.5 Å². The third-order valence-corrected chi connectivity index (χ3v) is 7.56. The highest BCUT2D eigenvalue weighted by Gasteiger charge is 2.32. The smallest absolute Gasteiger partial charge is 0.495 e. The lowest BCUT2D eigenvalue weighted by atomic mass is 9.97. The molecule has 5 rings (SSSR count). The van der Waals surface area contributed by atoms with Crippen LogP contribution in [0.3, 0.4) is 0 Å². The van der Waals surface area contributed by atoms with Crippen LogP contribution in [-0.2, 0) is 11.3 Å². The van der Waals surface area contributed by atoms with Crippen molar-refractivity contribution in [1.82, 2.24) is 25.6 Å². The minimum Gasteiger partial charge on any atom is -0.495 e. The first-order chi connectivity index (χ1) is 20.2. The van der Waals surface area contributed by atoms with E-state index in [0.717, 1.165) is 37.7 Å². The number of hydrogen-bond acceptors (Lipinski definition) is 10. The Morgan fingerprint density at radius 1 is 1.10 bits per heavy atom. The molecule has 0 radical (unpaired) electrons. The van der Waals surface area contributed by atoms with Crippen LogP contribution in [0, 0.1) is 5.92 Å². The second-order valence-corrected chi connectivity index (χ2v) is 10.6. The molecule has 0 atom stereocenters. The molecule has 0 bridgehead atoms. The number of ether oxygens (including phenoxy) is 2. The summed E-state index contributed by atoms with van der Waals surface area (Å²) in [5.74, 6) is 0.716. The van der Waals surface area contributed by atoms with Crippen molar-refractivity contribution in [1.29, 1.82) is 0 Å². The molecule has 4 heterocycles. The quantitative estimate of drug-likeness (QED) is 0.333. The lowest BCUT2D eigenvalue weighted by Crippen LogP contribution is -2.38. The van der Waals surface area contributed by atoms with E-state index < -0.39 is 17.5 Å². The van der Waals surface area contributed by atoms with Gasteiger partial charge in [-0.2, -0.15) is 0 Å². The SMILES string of the molecule is COc1ccc(-c2ccccc2OC(F)(F)F)nc1CNCC1CCN(c2nccc(C=C3SC(=O)NC3=O)n2)CC1. The molecular weight excluding hydrogens is 573 g/mol. The van der Waals surface area contributed by atoms with Crippen molar-refractivity contribution in [3.05, 3.63) is 65.0 Å². The number of nitrogens with zero attached hydrogens (tertiary/aromatic N) is 4. The molecule has 0 aliphatic carbocycles. The molecule has 0 spiro atoms. The lowest BCUT2D eigenvalue weighted by molar-refractivity contribution is -0.274. The Morgan fingerprint density at radius 3 is 2.60 bits per heavy atom. The Morgan fingerprint density at radius 2 is 1.88 bits per heavy atom. The summed E-state index contributed by atoms with van der Waals surface area (Å²) in [5.41, 5.74) is 1.70. The number of imide groups is 1. The van der Waals surface area contributed by atoms with Gasteiger partial charge in [-0.3, -0.25) is 14.9 Å². The van der Waals surface area contributed by atoms with Gasteiger partial charge < -0.3 is 19.7 Å². The number of piperidine rings is 1. The van der Waals surface area contributed by atoms with Crippen LogP contribution in [0.4, 0.5) is 23.9 Å². The number of pyridine rings is 1. The van der Waals surface area contributed by atoms with Crippen molar-refractivity contribution >= 4 is 34.9 Å². The highest BCUT2D eigenvalue weighted by atomic mass is 32.2. The first-order valence-electron chi connectivity index (χ1n) is 13.1. The molecule has 1 aromatic carbocycles. The van der Waals surface area contributed by atoms with Gasteiger partial charge in [0.05, 0.1) is 29.1 Å². The van der Waals surface area contributed by atoms with E-state index in [1.807, 2.05) is 0 Å². The van der Waals surface area contributed by atoms with Crippen molar-refractivity contribution in [2.24, 2.45) is 5.92 Å². The van der Waals surface area contributed by atoms with Crippen molar-refractivity contribution in [2.75, 3.05) is 31.6 Å². The predicted molar refractivity (Wildman–Crippen MR) is 151 cm³/mol. The summed E-state index contributed by atoms with van der Waals surface area (Å²) in [7, 11) is 1.52. The topological polar surface area (TPSA) is 119 Å². The molecule has 3 aromatic rings. The predicted octanol–water partition coefficient (Wildman–Crippen LogP) is 4.78. The molecule has 0 saturated carbocycles. The zero-order valence-corrected chi connectivity index (χ0v) is 23.3. The fraction of sp³-hybridized carbons (Fsp3) is 0.321. The first-order valence-corrected chi connectivity index (χ1v) is 13.9. The number of para-hydroxylation sites is 1. The van der Waals surface area contributed by atoms with Gasteiger partial charge in [-0.25, -0.2) is 15.0 Å². The van der Waals surface area contributed by atoms with E-state index in [1.54, 1.807) is 36.5 Å².